The van der Waals surface area contributed by atoms with Crippen LogP contribution in [0.15, 0.2) is 24.3 Å². The van der Waals surface area contributed by atoms with E-state index in [1.165, 1.54) is 6.08 Å². The van der Waals surface area contributed by atoms with Crippen LogP contribution >= 0.6 is 11.6 Å². The van der Waals surface area contributed by atoms with Crippen LogP contribution in [0.2, 0.25) is 5.02 Å². The molecule has 0 spiro atoms. The molecule has 1 unspecified atom stereocenters. The topological polar surface area (TPSA) is 55.8 Å². The number of hydrogen-bond acceptors (Lipinski definition) is 3. The van der Waals surface area contributed by atoms with Crippen LogP contribution in [0.5, 0.6) is 5.75 Å². The van der Waals surface area contributed by atoms with Gasteiger partial charge in [0.25, 0.3) is 0 Å². The Hall–Kier alpha value is -1.52. The van der Waals surface area contributed by atoms with E-state index in [9.17, 15) is 4.79 Å². The van der Waals surface area contributed by atoms with Crippen molar-refractivity contribution in [1.29, 1.82) is 0 Å². The van der Waals surface area contributed by atoms with Crippen LogP contribution in [0.3, 0.4) is 0 Å². The van der Waals surface area contributed by atoms with Crippen molar-refractivity contribution >= 4 is 23.6 Å². The summed E-state index contributed by atoms with van der Waals surface area (Å²) in [6.45, 7) is 1.24. The van der Waals surface area contributed by atoms with E-state index in [1.54, 1.807) is 18.2 Å². The van der Waals surface area contributed by atoms with Crippen molar-refractivity contribution in [2.45, 2.75) is 12.5 Å². The van der Waals surface area contributed by atoms with Crippen LogP contribution in [0.25, 0.3) is 6.08 Å². The zero-order valence-electron chi connectivity index (χ0n) is 9.64. The van der Waals surface area contributed by atoms with Gasteiger partial charge in [-0.15, -0.1) is 0 Å². The second-order valence-electron chi connectivity index (χ2n) is 3.93. The molecule has 1 aliphatic heterocycles. The molecule has 0 saturated carbocycles. The summed E-state index contributed by atoms with van der Waals surface area (Å²) in [4.78, 5) is 10.5. The van der Waals surface area contributed by atoms with Gasteiger partial charge in [0, 0.05) is 18.1 Å². The SMILES string of the molecule is O=C(O)/C=C/c1c(Cl)cccc1OC1CCOC1. The Morgan fingerprint density at radius 2 is 2.39 bits per heavy atom. The highest BCUT2D eigenvalue weighted by atomic mass is 35.5. The Morgan fingerprint density at radius 3 is 3.06 bits per heavy atom. The van der Waals surface area contributed by atoms with Crippen molar-refractivity contribution < 1.29 is 19.4 Å². The third kappa shape index (κ3) is 3.24. The molecule has 1 aromatic rings. The number of benzene rings is 1. The summed E-state index contributed by atoms with van der Waals surface area (Å²) in [7, 11) is 0. The Morgan fingerprint density at radius 1 is 1.56 bits per heavy atom. The lowest BCUT2D eigenvalue weighted by molar-refractivity contribution is -0.131. The molecule has 1 saturated heterocycles. The van der Waals surface area contributed by atoms with E-state index in [4.69, 9.17) is 26.2 Å². The molecule has 0 bridgehead atoms. The van der Waals surface area contributed by atoms with Gasteiger partial charge >= 0.3 is 5.97 Å². The minimum Gasteiger partial charge on any atom is -0.487 e. The molecule has 2 rings (SSSR count). The van der Waals surface area contributed by atoms with Crippen molar-refractivity contribution in [3.63, 3.8) is 0 Å². The average Bonchev–Trinajstić information content (AvgIpc) is 2.81. The quantitative estimate of drug-likeness (QED) is 0.853. The molecular weight excluding hydrogens is 256 g/mol. The zero-order valence-corrected chi connectivity index (χ0v) is 10.4. The van der Waals surface area contributed by atoms with Crippen LogP contribution in [0.4, 0.5) is 0 Å². The number of ether oxygens (including phenoxy) is 2. The summed E-state index contributed by atoms with van der Waals surface area (Å²) in [5.41, 5.74) is 0.577. The van der Waals surface area contributed by atoms with Crippen LogP contribution in [0.1, 0.15) is 12.0 Å². The molecule has 0 aromatic heterocycles. The third-order valence-electron chi connectivity index (χ3n) is 2.59. The Bertz CT molecular complexity index is 464. The van der Waals surface area contributed by atoms with Gasteiger partial charge in [0.15, 0.2) is 0 Å². The van der Waals surface area contributed by atoms with E-state index in [1.807, 2.05) is 0 Å². The summed E-state index contributed by atoms with van der Waals surface area (Å²) < 4.78 is 11.0. The molecule has 0 amide bonds. The molecule has 4 nitrogen and oxygen atoms in total. The number of aliphatic carboxylic acids is 1. The first-order valence-corrected chi connectivity index (χ1v) is 5.98. The normalized spacial score (nSPS) is 19.3. The summed E-state index contributed by atoms with van der Waals surface area (Å²) >= 11 is 6.04. The smallest absolute Gasteiger partial charge is 0.328 e. The first-order chi connectivity index (χ1) is 8.66. The Kier molecular flexibility index (Phi) is 4.23. The summed E-state index contributed by atoms with van der Waals surface area (Å²) in [6, 6.07) is 5.23. The first kappa shape index (κ1) is 12.9. The fraction of sp³-hybridized carbons (Fsp3) is 0.308. The lowest BCUT2D eigenvalue weighted by atomic mass is 10.1. The molecule has 0 radical (unpaired) electrons. The van der Waals surface area contributed by atoms with E-state index in [-0.39, 0.29) is 6.10 Å². The Labute approximate surface area is 110 Å². The standard InChI is InChI=1S/C13H13ClO4/c14-11-2-1-3-12(10(11)4-5-13(15)16)18-9-6-7-17-8-9/h1-5,9H,6-8H2,(H,15,16)/b5-4+. The molecule has 5 heteroatoms. The molecule has 1 atom stereocenters. The van der Waals surface area contributed by atoms with Crippen LogP contribution in [0, 0.1) is 0 Å². The predicted octanol–water partition coefficient (Wildman–Crippen LogP) is 2.61. The highest BCUT2D eigenvalue weighted by Crippen LogP contribution is 2.29. The number of rotatable bonds is 4. The molecule has 1 aromatic carbocycles. The number of halogens is 1. The van der Waals surface area contributed by atoms with Crippen molar-refractivity contribution in [3.8, 4) is 5.75 Å². The van der Waals surface area contributed by atoms with Gasteiger partial charge in [-0.05, 0) is 18.2 Å². The van der Waals surface area contributed by atoms with Crippen LogP contribution < -0.4 is 4.74 Å². The maximum absolute atomic E-state index is 10.5. The zero-order chi connectivity index (χ0) is 13.0. The number of carbonyl (C=O) groups is 1. The number of carboxylic acid groups (broad SMARTS) is 1. The lowest BCUT2D eigenvalue weighted by Gasteiger charge is -2.14. The number of hydrogen-bond donors (Lipinski definition) is 1. The van der Waals surface area contributed by atoms with Gasteiger partial charge in [-0.2, -0.15) is 0 Å². The monoisotopic (exact) mass is 268 g/mol. The fourth-order valence-corrected chi connectivity index (χ4v) is 1.95. The molecule has 1 heterocycles. The summed E-state index contributed by atoms with van der Waals surface area (Å²) in [6.07, 6.45) is 3.31. The molecule has 1 fully saturated rings. The molecule has 1 N–H and O–H groups in total. The molecule has 18 heavy (non-hydrogen) atoms. The van der Waals surface area contributed by atoms with Crippen LogP contribution in [-0.2, 0) is 9.53 Å². The maximum atomic E-state index is 10.5. The first-order valence-electron chi connectivity index (χ1n) is 5.61. The van der Waals surface area contributed by atoms with Crippen LogP contribution in [-0.4, -0.2) is 30.4 Å². The second kappa shape index (κ2) is 5.89. The highest BCUT2D eigenvalue weighted by molar-refractivity contribution is 6.32. The van der Waals surface area contributed by atoms with Crippen molar-refractivity contribution in [2.24, 2.45) is 0 Å². The lowest BCUT2D eigenvalue weighted by Crippen LogP contribution is -2.16. The van der Waals surface area contributed by atoms with E-state index >= 15 is 0 Å². The van der Waals surface area contributed by atoms with Gasteiger partial charge in [-0.3, -0.25) is 0 Å². The van der Waals surface area contributed by atoms with Gasteiger partial charge in [0.2, 0.25) is 0 Å². The minimum absolute atomic E-state index is 0.000412. The van der Waals surface area contributed by atoms with Gasteiger partial charge in [0.05, 0.1) is 18.2 Å². The largest absolute Gasteiger partial charge is 0.487 e. The van der Waals surface area contributed by atoms with Crippen molar-refractivity contribution in [1.82, 2.24) is 0 Å². The molecule has 1 aliphatic rings. The van der Waals surface area contributed by atoms with E-state index in [0.29, 0.717) is 29.5 Å². The van der Waals surface area contributed by atoms with E-state index in [0.717, 1.165) is 12.5 Å². The van der Waals surface area contributed by atoms with Crippen molar-refractivity contribution in [3.05, 3.63) is 34.9 Å². The summed E-state index contributed by atoms with van der Waals surface area (Å²) in [5.74, 6) is -0.444. The third-order valence-corrected chi connectivity index (χ3v) is 2.92. The number of carboxylic acids is 1. The second-order valence-corrected chi connectivity index (χ2v) is 4.33. The Balaban J connectivity index is 2.22. The molecule has 0 aliphatic carbocycles. The van der Waals surface area contributed by atoms with Gasteiger partial charge in [0.1, 0.15) is 11.9 Å². The van der Waals surface area contributed by atoms with Gasteiger partial charge in [-0.1, -0.05) is 17.7 Å². The van der Waals surface area contributed by atoms with E-state index < -0.39 is 5.97 Å². The molecular formula is C13H13ClO4. The predicted molar refractivity (Wildman–Crippen MR) is 68.0 cm³/mol. The van der Waals surface area contributed by atoms with Gasteiger partial charge < -0.3 is 14.6 Å². The minimum atomic E-state index is -1.02. The highest BCUT2D eigenvalue weighted by Gasteiger charge is 2.18. The summed E-state index contributed by atoms with van der Waals surface area (Å²) in [5, 5.41) is 9.11. The average molecular weight is 269 g/mol. The molecule has 96 valence electrons. The van der Waals surface area contributed by atoms with Gasteiger partial charge in [-0.25, -0.2) is 4.79 Å². The van der Waals surface area contributed by atoms with Crippen molar-refractivity contribution in [2.75, 3.05) is 13.2 Å². The van der Waals surface area contributed by atoms with E-state index in [2.05, 4.69) is 0 Å². The fourth-order valence-electron chi connectivity index (χ4n) is 1.72. The maximum Gasteiger partial charge on any atom is 0.328 e.